The highest BCUT2D eigenvalue weighted by molar-refractivity contribution is 5.70. The molecule has 0 spiro atoms. The van der Waals surface area contributed by atoms with Crippen LogP contribution in [0.15, 0.2) is 4.52 Å². The van der Waals surface area contributed by atoms with E-state index >= 15 is 0 Å². The number of aromatic nitrogens is 2. The van der Waals surface area contributed by atoms with Crippen LogP contribution in [0.5, 0.6) is 0 Å². The first-order chi connectivity index (χ1) is 8.56. The summed E-state index contributed by atoms with van der Waals surface area (Å²) in [6.45, 7) is 4.01. The van der Waals surface area contributed by atoms with E-state index in [9.17, 15) is 4.79 Å². The molecule has 6 heteroatoms. The van der Waals surface area contributed by atoms with Crippen LogP contribution in [0.4, 0.5) is 6.01 Å². The lowest BCUT2D eigenvalue weighted by Gasteiger charge is -2.25. The van der Waals surface area contributed by atoms with Crippen LogP contribution in [-0.2, 0) is 4.79 Å². The van der Waals surface area contributed by atoms with Crippen LogP contribution in [0, 0.1) is 5.92 Å². The third-order valence-electron chi connectivity index (χ3n) is 3.36. The molecule has 0 unspecified atom stereocenters. The number of carboxylic acids is 1. The van der Waals surface area contributed by atoms with Gasteiger partial charge in [0.1, 0.15) is 0 Å². The van der Waals surface area contributed by atoms with E-state index in [4.69, 9.17) is 9.63 Å². The van der Waals surface area contributed by atoms with Gasteiger partial charge in [-0.25, -0.2) is 0 Å². The Hall–Kier alpha value is -1.59. The number of hydrogen-bond donors (Lipinski definition) is 2. The molecule has 2 rings (SSSR count). The van der Waals surface area contributed by atoms with Crippen molar-refractivity contribution in [1.82, 2.24) is 10.1 Å². The monoisotopic (exact) mass is 253 g/mol. The van der Waals surface area contributed by atoms with Gasteiger partial charge in [0.25, 0.3) is 0 Å². The van der Waals surface area contributed by atoms with Gasteiger partial charge in [-0.05, 0) is 25.7 Å². The Labute approximate surface area is 106 Å². The lowest BCUT2D eigenvalue weighted by atomic mass is 9.86. The largest absolute Gasteiger partial charge is 0.481 e. The summed E-state index contributed by atoms with van der Waals surface area (Å²) in [5.41, 5.74) is 0. The van der Waals surface area contributed by atoms with Crippen molar-refractivity contribution in [2.45, 2.75) is 51.5 Å². The zero-order chi connectivity index (χ0) is 13.1. The second kappa shape index (κ2) is 5.37. The molecule has 0 radical (unpaired) electrons. The van der Waals surface area contributed by atoms with Crippen LogP contribution < -0.4 is 5.32 Å². The smallest absolute Gasteiger partial charge is 0.321 e. The van der Waals surface area contributed by atoms with E-state index in [2.05, 4.69) is 15.5 Å². The summed E-state index contributed by atoms with van der Waals surface area (Å²) in [6, 6.07) is 0.679. The molecule has 0 atom stereocenters. The maximum atomic E-state index is 10.8. The van der Waals surface area contributed by atoms with Crippen molar-refractivity contribution in [3.63, 3.8) is 0 Å². The van der Waals surface area contributed by atoms with Crippen molar-refractivity contribution in [3.8, 4) is 0 Å². The third kappa shape index (κ3) is 3.00. The minimum absolute atomic E-state index is 0.197. The van der Waals surface area contributed by atoms with Crippen LogP contribution in [0.3, 0.4) is 0 Å². The van der Waals surface area contributed by atoms with Crippen molar-refractivity contribution in [3.05, 3.63) is 5.82 Å². The average Bonchev–Trinajstić information content (AvgIpc) is 2.78. The van der Waals surface area contributed by atoms with Gasteiger partial charge in [0.15, 0.2) is 5.82 Å². The van der Waals surface area contributed by atoms with Gasteiger partial charge >= 0.3 is 12.0 Å². The van der Waals surface area contributed by atoms with Gasteiger partial charge in [-0.1, -0.05) is 19.0 Å². The Balaban J connectivity index is 1.85. The van der Waals surface area contributed by atoms with E-state index < -0.39 is 5.97 Å². The number of aliphatic carboxylic acids is 1. The first-order valence-electron chi connectivity index (χ1n) is 6.39. The quantitative estimate of drug-likeness (QED) is 0.855. The summed E-state index contributed by atoms with van der Waals surface area (Å²) in [7, 11) is 0. The average molecular weight is 253 g/mol. The molecule has 6 nitrogen and oxygen atoms in total. The first kappa shape index (κ1) is 12.9. The number of nitrogens with zero attached hydrogens (tertiary/aromatic N) is 2. The summed E-state index contributed by atoms with van der Waals surface area (Å²) < 4.78 is 5.11. The number of carboxylic acid groups (broad SMARTS) is 1. The molecule has 100 valence electrons. The molecule has 1 heterocycles. The van der Waals surface area contributed by atoms with Crippen LogP contribution in [0.1, 0.15) is 51.3 Å². The summed E-state index contributed by atoms with van der Waals surface area (Å²) in [4.78, 5) is 15.1. The number of hydrogen-bond acceptors (Lipinski definition) is 5. The van der Waals surface area contributed by atoms with E-state index in [1.807, 2.05) is 13.8 Å². The Kier molecular flexibility index (Phi) is 3.84. The van der Waals surface area contributed by atoms with Gasteiger partial charge < -0.3 is 14.9 Å². The molecule has 0 saturated heterocycles. The molecule has 1 aromatic heterocycles. The van der Waals surface area contributed by atoms with Crippen molar-refractivity contribution in [2.24, 2.45) is 5.92 Å². The van der Waals surface area contributed by atoms with Crippen LogP contribution >= 0.6 is 0 Å². The standard InChI is InChI=1S/C12H19N3O3/c1-7(2)10-14-12(18-15-10)13-9-5-3-8(4-6-9)11(16)17/h7-9H,3-6H2,1-2H3,(H,16,17)(H,13,14,15). The topological polar surface area (TPSA) is 88.2 Å². The Morgan fingerprint density at radius 3 is 2.56 bits per heavy atom. The first-order valence-corrected chi connectivity index (χ1v) is 6.39. The zero-order valence-corrected chi connectivity index (χ0v) is 10.7. The van der Waals surface area contributed by atoms with Gasteiger partial charge in [0.05, 0.1) is 5.92 Å². The van der Waals surface area contributed by atoms with Gasteiger partial charge in [-0.2, -0.15) is 4.98 Å². The molecular weight excluding hydrogens is 234 g/mol. The third-order valence-corrected chi connectivity index (χ3v) is 3.36. The van der Waals surface area contributed by atoms with Crippen molar-refractivity contribution >= 4 is 12.0 Å². The minimum Gasteiger partial charge on any atom is -0.481 e. The van der Waals surface area contributed by atoms with Gasteiger partial charge in [-0.3, -0.25) is 4.79 Å². The minimum atomic E-state index is -0.687. The Morgan fingerprint density at radius 1 is 1.39 bits per heavy atom. The van der Waals surface area contributed by atoms with Crippen molar-refractivity contribution < 1.29 is 14.4 Å². The summed E-state index contributed by atoms with van der Waals surface area (Å²) in [5.74, 6) is 0.0501. The predicted octanol–water partition coefficient (Wildman–Crippen LogP) is 2.25. The van der Waals surface area contributed by atoms with E-state index in [-0.39, 0.29) is 17.9 Å². The number of anilines is 1. The highest BCUT2D eigenvalue weighted by Crippen LogP contribution is 2.26. The number of carbonyl (C=O) groups is 1. The molecular formula is C12H19N3O3. The number of nitrogens with one attached hydrogen (secondary N) is 1. The zero-order valence-electron chi connectivity index (χ0n) is 10.7. The summed E-state index contributed by atoms with van der Waals surface area (Å²) in [6.07, 6.45) is 3.07. The lowest BCUT2D eigenvalue weighted by Crippen LogP contribution is -2.29. The number of rotatable bonds is 4. The van der Waals surface area contributed by atoms with Gasteiger partial charge in [0.2, 0.25) is 0 Å². The second-order valence-corrected chi connectivity index (χ2v) is 5.14. The lowest BCUT2D eigenvalue weighted by molar-refractivity contribution is -0.142. The fourth-order valence-electron chi connectivity index (χ4n) is 2.19. The highest BCUT2D eigenvalue weighted by atomic mass is 16.5. The maximum Gasteiger partial charge on any atom is 0.321 e. The fraction of sp³-hybridized carbons (Fsp3) is 0.750. The fourth-order valence-corrected chi connectivity index (χ4v) is 2.19. The summed E-state index contributed by atoms with van der Waals surface area (Å²) >= 11 is 0. The van der Waals surface area contributed by atoms with Crippen molar-refractivity contribution in [2.75, 3.05) is 5.32 Å². The predicted molar refractivity (Wildman–Crippen MR) is 65.4 cm³/mol. The molecule has 1 aliphatic rings. The maximum absolute atomic E-state index is 10.8. The Morgan fingerprint density at radius 2 is 2.06 bits per heavy atom. The normalized spacial score (nSPS) is 24.2. The van der Waals surface area contributed by atoms with Crippen LogP contribution in [0.25, 0.3) is 0 Å². The van der Waals surface area contributed by atoms with Crippen molar-refractivity contribution in [1.29, 1.82) is 0 Å². The molecule has 18 heavy (non-hydrogen) atoms. The molecule has 0 amide bonds. The van der Waals surface area contributed by atoms with Crippen LogP contribution in [0.2, 0.25) is 0 Å². The molecule has 1 saturated carbocycles. The Bertz CT molecular complexity index is 408. The summed E-state index contributed by atoms with van der Waals surface area (Å²) in [5, 5.41) is 16.0. The van der Waals surface area contributed by atoms with E-state index in [0.717, 1.165) is 12.8 Å². The van der Waals surface area contributed by atoms with E-state index in [0.29, 0.717) is 24.7 Å². The van der Waals surface area contributed by atoms with E-state index in [1.54, 1.807) is 0 Å². The van der Waals surface area contributed by atoms with Gasteiger partial charge in [0, 0.05) is 12.0 Å². The van der Waals surface area contributed by atoms with Gasteiger partial charge in [-0.15, -0.1) is 0 Å². The SMILES string of the molecule is CC(C)c1noc(NC2CCC(C(=O)O)CC2)n1. The second-order valence-electron chi connectivity index (χ2n) is 5.14. The molecule has 2 N–H and O–H groups in total. The molecule has 1 aromatic rings. The molecule has 1 aliphatic carbocycles. The molecule has 0 aliphatic heterocycles. The highest BCUT2D eigenvalue weighted by Gasteiger charge is 2.26. The molecule has 0 aromatic carbocycles. The van der Waals surface area contributed by atoms with Crippen LogP contribution in [-0.4, -0.2) is 27.3 Å². The van der Waals surface area contributed by atoms with E-state index in [1.165, 1.54) is 0 Å². The molecule has 1 fully saturated rings. The molecule has 0 bridgehead atoms.